The predicted octanol–water partition coefficient (Wildman–Crippen LogP) is 6.17. The predicted molar refractivity (Wildman–Crippen MR) is 134 cm³/mol. The highest BCUT2D eigenvalue weighted by Gasteiger charge is 2.35. The minimum Gasteiger partial charge on any atom is -0.496 e. The molecule has 2 aliphatic heterocycles. The monoisotopic (exact) mass is 456 g/mol. The summed E-state index contributed by atoms with van der Waals surface area (Å²) in [5.41, 5.74) is 7.16. The van der Waals surface area contributed by atoms with Gasteiger partial charge in [-0.05, 0) is 62.2 Å². The van der Waals surface area contributed by atoms with Crippen molar-refractivity contribution in [2.75, 3.05) is 19.5 Å². The quantitative estimate of drug-likeness (QED) is 0.493. The highest BCUT2D eigenvalue weighted by molar-refractivity contribution is 5.91. The van der Waals surface area contributed by atoms with Gasteiger partial charge in [0, 0.05) is 29.4 Å². The van der Waals surface area contributed by atoms with Crippen LogP contribution in [-0.4, -0.2) is 25.8 Å². The third-order valence-electron chi connectivity index (χ3n) is 6.23. The fourth-order valence-corrected chi connectivity index (χ4v) is 5.00. The Morgan fingerprint density at radius 1 is 1.09 bits per heavy atom. The summed E-state index contributed by atoms with van der Waals surface area (Å²) in [5.74, 6) is 1.97. The number of amides is 1. The summed E-state index contributed by atoms with van der Waals surface area (Å²) in [6.45, 7) is 6.46. The van der Waals surface area contributed by atoms with E-state index in [1.54, 1.807) is 13.2 Å². The van der Waals surface area contributed by atoms with Crippen LogP contribution in [0.2, 0.25) is 0 Å². The van der Waals surface area contributed by atoms with Crippen LogP contribution >= 0.6 is 0 Å². The highest BCUT2D eigenvalue weighted by atomic mass is 16.6. The van der Waals surface area contributed by atoms with E-state index in [9.17, 15) is 4.79 Å². The van der Waals surface area contributed by atoms with Crippen molar-refractivity contribution in [2.24, 2.45) is 0 Å². The van der Waals surface area contributed by atoms with Gasteiger partial charge >= 0.3 is 6.09 Å². The van der Waals surface area contributed by atoms with E-state index in [4.69, 9.17) is 14.2 Å². The van der Waals surface area contributed by atoms with Crippen molar-refractivity contribution >= 4 is 17.4 Å². The zero-order valence-electron chi connectivity index (χ0n) is 20.0. The van der Waals surface area contributed by atoms with Crippen molar-refractivity contribution in [3.8, 4) is 28.4 Å². The Labute approximate surface area is 199 Å². The Kier molecular flexibility index (Phi) is 5.24. The van der Waals surface area contributed by atoms with E-state index in [1.807, 2.05) is 36.4 Å². The standard InChI is InChI=1S/C28H28N2O4/c1-16-15-28(2,3)30-20-13-12-19-24-21(32-5)10-7-11-22(24)34-26(25(19)23(16)20)17-8-6-9-18(14-17)33-27(31)29-4/h6-15,26,30H,1-5H3,(H,29,31). The summed E-state index contributed by atoms with van der Waals surface area (Å²) in [6, 6.07) is 17.6. The van der Waals surface area contributed by atoms with E-state index >= 15 is 0 Å². The molecule has 0 aliphatic carbocycles. The lowest BCUT2D eigenvalue weighted by molar-refractivity contribution is 0.202. The molecule has 0 aromatic heterocycles. The second-order valence-electron chi connectivity index (χ2n) is 9.17. The number of carbonyl (C=O) groups is 1. The molecule has 6 heteroatoms. The van der Waals surface area contributed by atoms with Gasteiger partial charge in [-0.25, -0.2) is 4.79 Å². The molecule has 0 saturated heterocycles. The van der Waals surface area contributed by atoms with Crippen molar-refractivity contribution in [3.63, 3.8) is 0 Å². The normalized spacial score (nSPS) is 17.1. The minimum absolute atomic E-state index is 0.160. The van der Waals surface area contributed by atoms with Gasteiger partial charge in [0.15, 0.2) is 6.10 Å². The minimum atomic E-state index is -0.514. The summed E-state index contributed by atoms with van der Waals surface area (Å²) < 4.78 is 17.8. The summed E-state index contributed by atoms with van der Waals surface area (Å²) in [7, 11) is 3.21. The zero-order chi connectivity index (χ0) is 24.0. The van der Waals surface area contributed by atoms with Crippen molar-refractivity contribution in [1.82, 2.24) is 5.32 Å². The van der Waals surface area contributed by atoms with Gasteiger partial charge in [0.05, 0.1) is 18.2 Å². The fourth-order valence-electron chi connectivity index (χ4n) is 5.00. The molecule has 2 N–H and O–H groups in total. The van der Waals surface area contributed by atoms with Crippen molar-refractivity contribution in [1.29, 1.82) is 0 Å². The Hall–Kier alpha value is -3.93. The van der Waals surface area contributed by atoms with Gasteiger partial charge in [0.25, 0.3) is 0 Å². The number of benzene rings is 3. The lowest BCUT2D eigenvalue weighted by Gasteiger charge is -2.37. The second kappa shape index (κ2) is 8.13. The molecule has 34 heavy (non-hydrogen) atoms. The Morgan fingerprint density at radius 3 is 2.65 bits per heavy atom. The third-order valence-corrected chi connectivity index (χ3v) is 6.23. The number of allylic oxidation sites excluding steroid dienone is 1. The first-order chi connectivity index (χ1) is 16.3. The van der Waals surface area contributed by atoms with Crippen LogP contribution in [0.15, 0.2) is 60.7 Å². The van der Waals surface area contributed by atoms with Crippen LogP contribution in [0.4, 0.5) is 10.5 Å². The molecule has 5 rings (SSSR count). The van der Waals surface area contributed by atoms with Gasteiger partial charge < -0.3 is 24.8 Å². The number of carbonyl (C=O) groups excluding carboxylic acids is 1. The van der Waals surface area contributed by atoms with Crippen LogP contribution < -0.4 is 24.8 Å². The van der Waals surface area contributed by atoms with E-state index < -0.39 is 12.2 Å². The van der Waals surface area contributed by atoms with Crippen LogP contribution in [0.5, 0.6) is 17.2 Å². The molecule has 0 bridgehead atoms. The maximum atomic E-state index is 11.8. The van der Waals surface area contributed by atoms with Crippen molar-refractivity contribution < 1.29 is 19.0 Å². The molecule has 0 spiro atoms. The number of rotatable bonds is 3. The van der Waals surface area contributed by atoms with Gasteiger partial charge in [-0.1, -0.05) is 30.3 Å². The highest BCUT2D eigenvalue weighted by Crippen LogP contribution is 2.53. The first kappa shape index (κ1) is 21.9. The molecule has 0 saturated carbocycles. The van der Waals surface area contributed by atoms with Gasteiger partial charge in [0.2, 0.25) is 0 Å². The number of fused-ring (bicyclic) bond motifs is 5. The summed E-state index contributed by atoms with van der Waals surface area (Å²) in [4.78, 5) is 11.8. The molecule has 3 aromatic rings. The summed E-state index contributed by atoms with van der Waals surface area (Å²) >= 11 is 0. The number of hydrogen-bond donors (Lipinski definition) is 2. The molecule has 1 atom stereocenters. The number of hydrogen-bond acceptors (Lipinski definition) is 5. The average molecular weight is 457 g/mol. The Bertz CT molecular complexity index is 1330. The first-order valence-corrected chi connectivity index (χ1v) is 11.3. The van der Waals surface area contributed by atoms with Gasteiger partial charge in [-0.3, -0.25) is 0 Å². The number of nitrogens with one attached hydrogen (secondary N) is 2. The van der Waals surface area contributed by atoms with Crippen LogP contribution in [0.1, 0.15) is 43.6 Å². The average Bonchev–Trinajstić information content (AvgIpc) is 2.81. The van der Waals surface area contributed by atoms with E-state index in [1.165, 1.54) is 12.6 Å². The third kappa shape index (κ3) is 3.65. The molecule has 0 fully saturated rings. The smallest absolute Gasteiger partial charge is 0.412 e. The van der Waals surface area contributed by atoms with Gasteiger partial charge in [0.1, 0.15) is 17.2 Å². The van der Waals surface area contributed by atoms with E-state index in [-0.39, 0.29) is 5.54 Å². The number of ether oxygens (including phenoxy) is 3. The molecule has 0 radical (unpaired) electrons. The summed E-state index contributed by atoms with van der Waals surface area (Å²) in [6.07, 6.45) is 1.33. The maximum absolute atomic E-state index is 11.8. The van der Waals surface area contributed by atoms with Crippen LogP contribution in [0.25, 0.3) is 16.7 Å². The fraction of sp³-hybridized carbons (Fsp3) is 0.250. The molecule has 2 heterocycles. The van der Waals surface area contributed by atoms with Crippen molar-refractivity contribution in [2.45, 2.75) is 32.4 Å². The first-order valence-electron chi connectivity index (χ1n) is 11.3. The lowest BCUT2D eigenvalue weighted by Crippen LogP contribution is -2.32. The van der Waals surface area contributed by atoms with Crippen LogP contribution in [-0.2, 0) is 0 Å². The molecule has 2 aliphatic rings. The number of methoxy groups -OCH3 is 1. The molecule has 1 amide bonds. The van der Waals surface area contributed by atoms with Crippen LogP contribution in [0, 0.1) is 0 Å². The lowest BCUT2D eigenvalue weighted by atomic mass is 9.80. The maximum Gasteiger partial charge on any atom is 0.412 e. The summed E-state index contributed by atoms with van der Waals surface area (Å²) in [5, 5.41) is 6.13. The molecule has 1 unspecified atom stereocenters. The molecule has 174 valence electrons. The largest absolute Gasteiger partial charge is 0.496 e. The van der Waals surface area contributed by atoms with E-state index in [0.717, 1.165) is 45.0 Å². The van der Waals surface area contributed by atoms with Gasteiger partial charge in [-0.15, -0.1) is 0 Å². The zero-order valence-corrected chi connectivity index (χ0v) is 20.0. The van der Waals surface area contributed by atoms with Gasteiger partial charge in [-0.2, -0.15) is 0 Å². The number of anilines is 1. The second-order valence-corrected chi connectivity index (χ2v) is 9.17. The molecule has 6 nitrogen and oxygen atoms in total. The molecule has 3 aromatic carbocycles. The van der Waals surface area contributed by atoms with Crippen LogP contribution in [0.3, 0.4) is 0 Å². The Morgan fingerprint density at radius 2 is 1.88 bits per heavy atom. The van der Waals surface area contributed by atoms with E-state index in [0.29, 0.717) is 5.75 Å². The topological polar surface area (TPSA) is 68.8 Å². The van der Waals surface area contributed by atoms with E-state index in [2.05, 4.69) is 49.6 Å². The molecular formula is C28H28N2O4. The SMILES string of the molecule is CNC(=O)Oc1cccc(C2Oc3cccc(OC)c3-c3ccc4c(c32)C(C)=CC(C)(C)N4)c1. The molecular weight excluding hydrogens is 428 g/mol. The van der Waals surface area contributed by atoms with Crippen molar-refractivity contribution in [3.05, 3.63) is 77.4 Å². The Balaban J connectivity index is 1.74.